The van der Waals surface area contributed by atoms with Crippen molar-refractivity contribution in [3.8, 4) is 24.3 Å². The predicted octanol–water partition coefficient (Wildman–Crippen LogP) is 19.5. The molecule has 124 heavy (non-hydrogen) atoms. The molecular weight excluding hydrogens is 1980 g/mol. The summed E-state index contributed by atoms with van der Waals surface area (Å²) in [6, 6.07) is 61.1. The van der Waals surface area contributed by atoms with Gasteiger partial charge in [0.1, 0.15) is 11.2 Å². The quantitative estimate of drug-likeness (QED) is 0.0258. The maximum absolute atomic E-state index is 11.6. The maximum Gasteiger partial charge on any atom is 0.337 e. The summed E-state index contributed by atoms with van der Waals surface area (Å²) in [4.78, 5) is 97.8. The van der Waals surface area contributed by atoms with Gasteiger partial charge in [-0.1, -0.05) is 140 Å². The Balaban J connectivity index is 0.000000692. The number of anilines is 6. The average Bonchev–Trinajstić information content (AvgIpc) is 0.801. The minimum atomic E-state index is -1.11. The molecule has 36 nitrogen and oxygen atoms in total. The lowest BCUT2D eigenvalue weighted by Crippen LogP contribution is -2.13. The molecule has 646 valence electrons. The number of hydroxylamine groups is 1. The Morgan fingerprint density at radius 2 is 0.863 bits per heavy atom. The summed E-state index contributed by atoms with van der Waals surface area (Å²) in [5, 5.41) is 123. The van der Waals surface area contributed by atoms with Gasteiger partial charge in [-0.25, -0.2) is 19.4 Å². The van der Waals surface area contributed by atoms with Crippen molar-refractivity contribution in [1.82, 2.24) is 15.4 Å². The van der Waals surface area contributed by atoms with Crippen LogP contribution in [0.1, 0.15) is 94.9 Å². The molecule has 2 heterocycles. The van der Waals surface area contributed by atoms with Gasteiger partial charge in [0, 0.05) is 73.8 Å². The predicted molar refractivity (Wildman–Crippen MR) is 491 cm³/mol. The summed E-state index contributed by atoms with van der Waals surface area (Å²) in [6.07, 6.45) is 5.71. The molecule has 0 unspecified atom stereocenters. The zero-order valence-corrected chi connectivity index (χ0v) is 75.1. The monoisotopic (exact) mass is 2050 g/mol. The second kappa shape index (κ2) is 52.9. The van der Waals surface area contributed by atoms with Crippen molar-refractivity contribution in [3.63, 3.8) is 0 Å². The fraction of sp³-hybridized carbons (Fsp3) is 0.123. The lowest BCUT2D eigenvalue weighted by molar-refractivity contribution is -0.403. The summed E-state index contributed by atoms with van der Waals surface area (Å²) < 4.78 is 3.56. The van der Waals surface area contributed by atoms with Crippen molar-refractivity contribution in [2.75, 3.05) is 34.0 Å². The molecule has 17 N–H and O–H groups in total. The number of nitro benzene ring substituents is 1. The lowest BCUT2D eigenvalue weighted by atomic mass is 9.86. The molecule has 0 bridgehead atoms. The van der Waals surface area contributed by atoms with E-state index < -0.39 is 69.9 Å². The Bertz CT molecular complexity index is 5670. The third-order valence-electron chi connectivity index (χ3n) is 15.5. The second-order valence-electron chi connectivity index (χ2n) is 25.7. The van der Waals surface area contributed by atoms with Gasteiger partial charge in [-0.3, -0.25) is 66.1 Å². The first-order valence-electron chi connectivity index (χ1n) is 34.2. The van der Waals surface area contributed by atoms with Crippen LogP contribution in [0.5, 0.6) is 0 Å². The average molecular weight is 2060 g/mol. The number of carboxylic acid groups (broad SMARTS) is 3. The number of nitrogens with one attached hydrogen (secondary N) is 3. The van der Waals surface area contributed by atoms with Crippen LogP contribution in [0.25, 0.3) is 21.8 Å². The highest BCUT2D eigenvalue weighted by Gasteiger charge is 2.22. The molecule has 11 aromatic rings. The van der Waals surface area contributed by atoms with Gasteiger partial charge in [0.15, 0.2) is 0 Å². The largest absolute Gasteiger partial charge is 0.478 e. The minimum Gasteiger partial charge on any atom is -0.478 e. The van der Waals surface area contributed by atoms with Gasteiger partial charge in [-0.15, -0.1) is 12.4 Å². The van der Waals surface area contributed by atoms with E-state index in [0.29, 0.717) is 52.1 Å². The number of nitrogen functional groups attached to an aromatic ring is 5. The fourth-order valence-electron chi connectivity index (χ4n) is 8.81. The van der Waals surface area contributed by atoms with E-state index in [2.05, 4.69) is 113 Å². The molecule has 0 atom stereocenters. The Morgan fingerprint density at radius 1 is 0.500 bits per heavy atom. The van der Waals surface area contributed by atoms with E-state index in [1.807, 2.05) is 120 Å². The number of hydrogen-bond donors (Lipinski definition) is 12. The van der Waals surface area contributed by atoms with Crippen LogP contribution in [0.3, 0.4) is 0 Å². The number of aromatic carboxylic acids is 3. The van der Waals surface area contributed by atoms with Gasteiger partial charge in [-0.05, 0) is 191 Å². The number of hydrogen-bond acceptors (Lipinski definition) is 27. The number of carboxylic acids is 3. The Labute approximate surface area is 759 Å². The van der Waals surface area contributed by atoms with Crippen molar-refractivity contribution in [3.05, 3.63) is 352 Å². The summed E-state index contributed by atoms with van der Waals surface area (Å²) >= 11 is 21.8. The second-order valence-corrected chi connectivity index (χ2v) is 30.7. The van der Waals surface area contributed by atoms with Gasteiger partial charge in [0.25, 0.3) is 17.3 Å². The number of nitriles is 4. The molecule has 0 aliphatic rings. The first kappa shape index (κ1) is 108. The topological polar surface area (TPSA) is 643 Å². The maximum atomic E-state index is 11.6. The molecule has 11 rings (SSSR count). The van der Waals surface area contributed by atoms with Gasteiger partial charge < -0.3 is 54.3 Å². The van der Waals surface area contributed by atoms with Crippen molar-refractivity contribution in [2.24, 2.45) is 0 Å². The van der Waals surface area contributed by atoms with Crippen LogP contribution in [0.15, 0.2) is 252 Å². The molecule has 0 aliphatic heterocycles. The van der Waals surface area contributed by atoms with E-state index >= 15 is 0 Å². The molecule has 0 amide bonds. The zero-order chi connectivity index (χ0) is 93.2. The lowest BCUT2D eigenvalue weighted by Gasteiger charge is -2.15. The number of aromatic amines is 1. The minimum absolute atomic E-state index is 0. The number of benzene rings is 9. The first-order valence-corrected chi connectivity index (χ1v) is 38.6. The van der Waals surface area contributed by atoms with Crippen molar-refractivity contribution < 1.29 is 59.5 Å². The third-order valence-corrected chi connectivity index (χ3v) is 18.4. The van der Waals surface area contributed by atoms with Crippen molar-refractivity contribution >= 4 is 195 Å². The number of carbonyl (C=O) groups is 3. The van der Waals surface area contributed by atoms with Crippen LogP contribution in [-0.2, 0) is 22.7 Å². The van der Waals surface area contributed by atoms with Crippen LogP contribution in [-0.4, -0.2) is 73.0 Å². The fourth-order valence-corrected chi connectivity index (χ4v) is 10.9. The Morgan fingerprint density at radius 3 is 1.21 bits per heavy atom. The summed E-state index contributed by atoms with van der Waals surface area (Å²) in [5.41, 5.74) is 34.7. The molecule has 0 radical (unpaired) electrons. The number of halogens is 7. The van der Waals surface area contributed by atoms with Gasteiger partial charge >= 0.3 is 29.3 Å². The number of non-ortho nitro benzene ring substituents is 1. The van der Waals surface area contributed by atoms with E-state index in [4.69, 9.17) is 81.8 Å². The molecule has 43 heteroatoms. The van der Waals surface area contributed by atoms with E-state index in [-0.39, 0.29) is 69.0 Å². The first-order chi connectivity index (χ1) is 57.6. The van der Waals surface area contributed by atoms with Gasteiger partial charge in [0.05, 0.1) is 123 Å². The summed E-state index contributed by atoms with van der Waals surface area (Å²) in [7, 11) is 0. The van der Waals surface area contributed by atoms with Crippen LogP contribution >= 0.6 is 104 Å². The van der Waals surface area contributed by atoms with Crippen LogP contribution in [0.4, 0.5) is 51.2 Å². The zero-order valence-electron chi connectivity index (χ0n) is 65.6. The number of pyridine rings is 2. The molecule has 9 aromatic carbocycles. The van der Waals surface area contributed by atoms with E-state index in [9.17, 15) is 69.7 Å². The molecular formula is C81H75Br5Cl2N18O18. The number of nitro groups is 5. The van der Waals surface area contributed by atoms with Gasteiger partial charge in [-0.2, -0.15) is 21.0 Å². The van der Waals surface area contributed by atoms with Crippen molar-refractivity contribution in [1.29, 1.82) is 21.0 Å². The highest BCUT2D eigenvalue weighted by Crippen LogP contribution is 2.33. The number of H-pyrrole nitrogens is 1. The Hall–Kier alpha value is -14.0. The van der Waals surface area contributed by atoms with Crippen LogP contribution in [0, 0.1) is 95.9 Å². The standard InChI is InChI=1S/3C10H12N2.C9H4BrClN2O2.C9H7BrN2O4.C9H5BrN2O3.C8H6N2O2.2C7H6BrNO2.C2H4N2O3.ClH/c3*1-10(2,7-11)8-3-5-9(12)6-4-8;10-5-1-2-7-6(3-5)9(11)8(4-12-7)13(14)15;10-6-1-2-8(7(5-6)9(13)14)11-3-4-12(15)16;10-5-1-2-7-6(3-5)9(13)8(4-11-7)12(14)15;9-6-5-7-1-3-8(4-2-7)10(11)12;2*8-4-1-2-6(9)5(3-4)7(10)11;5-3-1-2-4(6)7;/h3*3-6H,12H2,1-2H3;1-4H;1-5,11H,(H,13,14);1-4H,(H,11,13);1-4H,5H2;2*1-3H,9H2,(H,10,11);1-3,5H;1H/b;;;;4-3+;;;;;2-1+;. The number of aromatic nitrogens is 2. The van der Waals surface area contributed by atoms with E-state index in [1.165, 1.54) is 48.1 Å². The molecule has 0 saturated carbocycles. The number of nitrogens with two attached hydrogens (primary N) is 5. The summed E-state index contributed by atoms with van der Waals surface area (Å²) in [6.45, 7) is 11.3. The molecule has 2 aromatic heterocycles. The van der Waals surface area contributed by atoms with Crippen LogP contribution in [0.2, 0.25) is 5.02 Å². The molecule has 0 saturated heterocycles. The molecule has 0 fully saturated rings. The smallest absolute Gasteiger partial charge is 0.337 e. The number of rotatable bonds is 15. The highest BCUT2D eigenvalue weighted by molar-refractivity contribution is 9.11. The van der Waals surface area contributed by atoms with Gasteiger partial charge in [0.2, 0.25) is 6.20 Å². The normalized spacial score (nSPS) is 10.1. The summed E-state index contributed by atoms with van der Waals surface area (Å²) in [5.74, 6) is -3.13. The highest BCUT2D eigenvalue weighted by atomic mass is 79.9. The molecule has 0 spiro atoms. The van der Waals surface area contributed by atoms with Crippen LogP contribution < -0.4 is 44.9 Å². The number of fused-ring (bicyclic) bond motifs is 2. The van der Waals surface area contributed by atoms with E-state index in [0.717, 1.165) is 62.4 Å². The number of nitrogens with zero attached hydrogens (tertiary/aromatic N) is 10. The SMILES string of the molecule is CC(C)(C#N)c1ccc(N)cc1.CC(C)(C#N)c1ccc(N)cc1.CC(C)(C#N)c1ccc(N)cc1.Cl.N#CCc1ccc([N+](=O)[O-])cc1.Nc1ccc(Br)cc1C(=O)O.Nc1ccc(Br)cc1C(=O)O.O=C(O)c1cc(Br)ccc1N/C=C/[N+](=O)[O-].O=[N+]([O-])/C=C/NO.O=[N+]([O-])c1cnc2ccc(Br)cc2c1Cl.O=c1c([N+](=O)[O-])c[nH]c2ccc(Br)cc12. The molecule has 0 aliphatic carbocycles. The van der Waals surface area contributed by atoms with E-state index in [1.54, 1.807) is 78.9 Å². The Kier molecular flexibility index (Phi) is 46.1. The van der Waals surface area contributed by atoms with Crippen molar-refractivity contribution in [2.45, 2.75) is 64.2 Å². The third kappa shape index (κ3) is 37.7.